The largest absolute Gasteiger partial charge is 0.368 e. The smallest absolute Gasteiger partial charge is 0.329 e. The van der Waals surface area contributed by atoms with Crippen molar-refractivity contribution in [2.45, 2.75) is 25.7 Å². The fourth-order valence-electron chi connectivity index (χ4n) is 2.63. The SMILES string of the molecule is Nc1ncc([N+](=O)[O-])c(NCC(C2CC2)C2CC2)n1. The van der Waals surface area contributed by atoms with Crippen molar-refractivity contribution in [1.82, 2.24) is 9.97 Å². The summed E-state index contributed by atoms with van der Waals surface area (Å²) >= 11 is 0. The zero-order chi connectivity index (χ0) is 13.4. The van der Waals surface area contributed by atoms with Crippen LogP contribution in [0.5, 0.6) is 0 Å². The topological polar surface area (TPSA) is 107 Å². The van der Waals surface area contributed by atoms with E-state index < -0.39 is 4.92 Å². The molecule has 0 amide bonds. The Balaban J connectivity index is 1.71. The Hall–Kier alpha value is -1.92. The van der Waals surface area contributed by atoms with E-state index in [1.165, 1.54) is 25.7 Å². The summed E-state index contributed by atoms with van der Waals surface area (Å²) in [5.41, 5.74) is 5.38. The van der Waals surface area contributed by atoms with Crippen molar-refractivity contribution in [2.75, 3.05) is 17.6 Å². The first kappa shape index (κ1) is 12.1. The molecule has 0 bridgehead atoms. The summed E-state index contributed by atoms with van der Waals surface area (Å²) in [6.07, 6.45) is 6.31. The van der Waals surface area contributed by atoms with E-state index in [0.717, 1.165) is 24.6 Å². The molecule has 3 rings (SSSR count). The van der Waals surface area contributed by atoms with E-state index in [-0.39, 0.29) is 17.5 Å². The van der Waals surface area contributed by atoms with Crippen LogP contribution in [0.4, 0.5) is 17.5 Å². The number of anilines is 2. The molecule has 1 aromatic heterocycles. The van der Waals surface area contributed by atoms with Crippen LogP contribution < -0.4 is 11.1 Å². The minimum atomic E-state index is -0.481. The summed E-state index contributed by atoms with van der Waals surface area (Å²) in [6, 6.07) is 0. The highest BCUT2D eigenvalue weighted by atomic mass is 16.6. The zero-order valence-corrected chi connectivity index (χ0v) is 10.6. The zero-order valence-electron chi connectivity index (χ0n) is 10.6. The molecule has 0 spiro atoms. The highest BCUT2D eigenvalue weighted by molar-refractivity contribution is 5.56. The number of nitrogen functional groups attached to an aromatic ring is 1. The summed E-state index contributed by atoms with van der Waals surface area (Å²) in [5, 5.41) is 14.0. The molecular weight excluding hydrogens is 246 g/mol. The second-order valence-corrected chi connectivity index (χ2v) is 5.44. The second-order valence-electron chi connectivity index (χ2n) is 5.44. The number of hydrogen-bond donors (Lipinski definition) is 2. The first-order valence-corrected chi connectivity index (χ1v) is 6.66. The molecule has 2 fully saturated rings. The van der Waals surface area contributed by atoms with Gasteiger partial charge in [0.05, 0.1) is 4.92 Å². The molecule has 102 valence electrons. The molecule has 0 saturated heterocycles. The first-order valence-electron chi connectivity index (χ1n) is 6.66. The van der Waals surface area contributed by atoms with Gasteiger partial charge < -0.3 is 11.1 Å². The van der Waals surface area contributed by atoms with Crippen LogP contribution in [0.3, 0.4) is 0 Å². The van der Waals surface area contributed by atoms with Crippen molar-refractivity contribution in [3.05, 3.63) is 16.3 Å². The fraction of sp³-hybridized carbons (Fsp3) is 0.667. The van der Waals surface area contributed by atoms with Crippen LogP contribution in [-0.4, -0.2) is 21.4 Å². The molecule has 0 aromatic carbocycles. The van der Waals surface area contributed by atoms with E-state index in [1.807, 2.05) is 0 Å². The number of nitrogens with two attached hydrogens (primary N) is 1. The maximum Gasteiger partial charge on any atom is 0.329 e. The number of nitrogens with zero attached hydrogens (tertiary/aromatic N) is 3. The van der Waals surface area contributed by atoms with Gasteiger partial charge in [0.25, 0.3) is 0 Å². The van der Waals surface area contributed by atoms with Gasteiger partial charge in [0, 0.05) is 6.54 Å². The minimum Gasteiger partial charge on any atom is -0.368 e. The van der Waals surface area contributed by atoms with Crippen LogP contribution in [0.1, 0.15) is 25.7 Å². The lowest BCUT2D eigenvalue weighted by molar-refractivity contribution is -0.384. The Morgan fingerprint density at radius 2 is 2.05 bits per heavy atom. The van der Waals surface area contributed by atoms with Gasteiger partial charge in [-0.05, 0) is 43.4 Å². The van der Waals surface area contributed by atoms with E-state index in [4.69, 9.17) is 5.73 Å². The summed E-state index contributed by atoms with van der Waals surface area (Å²) in [7, 11) is 0. The number of nitro groups is 1. The lowest BCUT2D eigenvalue weighted by Crippen LogP contribution is -2.19. The molecular formula is C12H17N5O2. The third-order valence-electron chi connectivity index (χ3n) is 3.94. The van der Waals surface area contributed by atoms with Gasteiger partial charge in [0.1, 0.15) is 6.20 Å². The predicted octanol–water partition coefficient (Wildman–Crippen LogP) is 1.82. The highest BCUT2D eigenvalue weighted by Crippen LogP contribution is 2.49. The monoisotopic (exact) mass is 263 g/mol. The maximum atomic E-state index is 10.9. The van der Waals surface area contributed by atoms with E-state index in [9.17, 15) is 10.1 Å². The first-order chi connectivity index (χ1) is 9.15. The molecule has 1 heterocycles. The molecule has 0 unspecified atom stereocenters. The lowest BCUT2D eigenvalue weighted by Gasteiger charge is -2.16. The Bertz CT molecular complexity index is 487. The number of rotatable bonds is 6. The van der Waals surface area contributed by atoms with Crippen molar-refractivity contribution in [2.24, 2.45) is 17.8 Å². The van der Waals surface area contributed by atoms with Crippen molar-refractivity contribution in [3.63, 3.8) is 0 Å². The highest BCUT2D eigenvalue weighted by Gasteiger charge is 2.41. The average Bonchev–Trinajstić information content (AvgIpc) is 3.24. The van der Waals surface area contributed by atoms with Crippen molar-refractivity contribution >= 4 is 17.5 Å². The Morgan fingerprint density at radius 1 is 1.42 bits per heavy atom. The van der Waals surface area contributed by atoms with Crippen molar-refractivity contribution in [1.29, 1.82) is 0 Å². The van der Waals surface area contributed by atoms with Crippen LogP contribution in [0.2, 0.25) is 0 Å². The van der Waals surface area contributed by atoms with Gasteiger partial charge in [-0.2, -0.15) is 4.98 Å². The van der Waals surface area contributed by atoms with Gasteiger partial charge >= 0.3 is 5.69 Å². The molecule has 7 heteroatoms. The number of aromatic nitrogens is 2. The van der Waals surface area contributed by atoms with Gasteiger partial charge in [-0.1, -0.05) is 0 Å². The third-order valence-corrected chi connectivity index (χ3v) is 3.94. The van der Waals surface area contributed by atoms with Gasteiger partial charge in [-0.15, -0.1) is 0 Å². The minimum absolute atomic E-state index is 0.0579. The molecule has 2 aliphatic carbocycles. The van der Waals surface area contributed by atoms with Crippen LogP contribution in [-0.2, 0) is 0 Å². The molecule has 0 radical (unpaired) electrons. The van der Waals surface area contributed by atoms with Crippen LogP contribution in [0.15, 0.2) is 6.20 Å². The van der Waals surface area contributed by atoms with E-state index in [1.54, 1.807) is 0 Å². The molecule has 0 aliphatic heterocycles. The molecule has 2 aliphatic rings. The third kappa shape index (κ3) is 2.74. The molecule has 2 saturated carbocycles. The predicted molar refractivity (Wildman–Crippen MR) is 70.5 cm³/mol. The molecule has 0 atom stereocenters. The summed E-state index contributed by atoms with van der Waals surface area (Å²) in [5.74, 6) is 2.50. The second kappa shape index (κ2) is 4.64. The van der Waals surface area contributed by atoms with Crippen LogP contribution >= 0.6 is 0 Å². The molecule has 7 nitrogen and oxygen atoms in total. The van der Waals surface area contributed by atoms with Crippen LogP contribution in [0, 0.1) is 27.9 Å². The molecule has 19 heavy (non-hydrogen) atoms. The molecule has 3 N–H and O–H groups in total. The Morgan fingerprint density at radius 3 is 2.58 bits per heavy atom. The summed E-state index contributed by atoms with van der Waals surface area (Å²) < 4.78 is 0. The standard InChI is InChI=1S/C12H17N5O2/c13-12-15-6-10(17(18)19)11(16-12)14-5-9(7-1-2-7)8-3-4-8/h6-9H,1-5H2,(H3,13,14,15,16). The van der Waals surface area contributed by atoms with Crippen molar-refractivity contribution < 1.29 is 4.92 Å². The number of nitrogens with one attached hydrogen (secondary N) is 1. The normalized spacial score (nSPS) is 18.6. The molecule has 1 aromatic rings. The van der Waals surface area contributed by atoms with Gasteiger partial charge in [-0.25, -0.2) is 4.98 Å². The van der Waals surface area contributed by atoms with E-state index >= 15 is 0 Å². The Labute approximate surface area is 110 Å². The lowest BCUT2D eigenvalue weighted by atomic mass is 9.98. The van der Waals surface area contributed by atoms with Gasteiger partial charge in [-0.3, -0.25) is 10.1 Å². The maximum absolute atomic E-state index is 10.9. The Kier molecular flexibility index (Phi) is 2.96. The van der Waals surface area contributed by atoms with Crippen LogP contribution in [0.25, 0.3) is 0 Å². The average molecular weight is 263 g/mol. The van der Waals surface area contributed by atoms with E-state index in [2.05, 4.69) is 15.3 Å². The van der Waals surface area contributed by atoms with E-state index in [0.29, 0.717) is 5.92 Å². The number of hydrogen-bond acceptors (Lipinski definition) is 6. The quantitative estimate of drug-likeness (QED) is 0.598. The summed E-state index contributed by atoms with van der Waals surface area (Å²) in [6.45, 7) is 0.743. The summed E-state index contributed by atoms with van der Waals surface area (Å²) in [4.78, 5) is 18.0. The fourth-order valence-corrected chi connectivity index (χ4v) is 2.63. The van der Waals surface area contributed by atoms with Gasteiger partial charge in [0.2, 0.25) is 11.8 Å². The van der Waals surface area contributed by atoms with Gasteiger partial charge in [0.15, 0.2) is 0 Å². The van der Waals surface area contributed by atoms with Crippen molar-refractivity contribution in [3.8, 4) is 0 Å².